The number of carbonyl (C=O) groups is 1. The van der Waals surface area contributed by atoms with Crippen molar-refractivity contribution in [2.24, 2.45) is 0 Å². The molecule has 0 saturated carbocycles. The van der Waals surface area contributed by atoms with Crippen LogP contribution in [0.2, 0.25) is 0 Å². The van der Waals surface area contributed by atoms with Gasteiger partial charge in [-0.05, 0) is 36.8 Å². The van der Waals surface area contributed by atoms with Crippen LogP contribution in [0.15, 0.2) is 30.3 Å². The van der Waals surface area contributed by atoms with Gasteiger partial charge >= 0.3 is 5.97 Å². The van der Waals surface area contributed by atoms with Crippen molar-refractivity contribution in [3.05, 3.63) is 51.2 Å². The van der Waals surface area contributed by atoms with Crippen LogP contribution in [-0.2, 0) is 6.54 Å². The molecule has 0 aliphatic rings. The van der Waals surface area contributed by atoms with Crippen LogP contribution in [0.4, 0.5) is 5.69 Å². The predicted molar refractivity (Wildman–Crippen MR) is 74.5 cm³/mol. The molecule has 1 aromatic heterocycles. The van der Waals surface area contributed by atoms with Crippen molar-refractivity contribution < 1.29 is 9.90 Å². The summed E-state index contributed by atoms with van der Waals surface area (Å²) < 4.78 is 0. The fourth-order valence-corrected chi connectivity index (χ4v) is 2.52. The maximum Gasteiger partial charge on any atom is 0.336 e. The van der Waals surface area contributed by atoms with Crippen LogP contribution in [0.5, 0.6) is 0 Å². The summed E-state index contributed by atoms with van der Waals surface area (Å²) in [4.78, 5) is 12.7. The van der Waals surface area contributed by atoms with E-state index in [1.165, 1.54) is 11.3 Å². The predicted octanol–water partition coefficient (Wildman–Crippen LogP) is 3.24. The molecule has 4 nitrogen and oxygen atoms in total. The number of carboxylic acids is 1. The van der Waals surface area contributed by atoms with Gasteiger partial charge < -0.3 is 10.4 Å². The van der Waals surface area contributed by atoms with Gasteiger partial charge in [-0.1, -0.05) is 6.07 Å². The van der Waals surface area contributed by atoms with E-state index in [0.717, 1.165) is 10.6 Å². The molecule has 0 saturated heterocycles. The van der Waals surface area contributed by atoms with E-state index >= 15 is 0 Å². The van der Waals surface area contributed by atoms with Crippen molar-refractivity contribution >= 4 is 23.0 Å². The second-order valence-corrected chi connectivity index (χ2v) is 5.18. The third-order valence-corrected chi connectivity index (χ3v) is 3.78. The highest BCUT2D eigenvalue weighted by Gasteiger charge is 2.09. The highest BCUT2D eigenvalue weighted by Crippen LogP contribution is 2.21. The standard InChI is InChI=1S/C14H12N2O2S/c1-9-12(14(17)18)3-2-4-13(9)16-8-11-6-5-10(7-15)19-11/h2-6,16H,8H2,1H3,(H,17,18). The first-order valence-corrected chi connectivity index (χ1v) is 6.49. The summed E-state index contributed by atoms with van der Waals surface area (Å²) >= 11 is 1.43. The fraction of sp³-hybridized carbons (Fsp3) is 0.143. The van der Waals surface area contributed by atoms with E-state index in [-0.39, 0.29) is 0 Å². The third-order valence-electron chi connectivity index (χ3n) is 2.79. The maximum absolute atomic E-state index is 11.0. The van der Waals surface area contributed by atoms with Gasteiger partial charge in [-0.25, -0.2) is 4.79 Å². The maximum atomic E-state index is 11.0. The van der Waals surface area contributed by atoms with E-state index in [0.29, 0.717) is 22.5 Å². The quantitative estimate of drug-likeness (QED) is 0.896. The Morgan fingerprint density at radius 1 is 1.42 bits per heavy atom. The zero-order valence-corrected chi connectivity index (χ0v) is 11.1. The molecule has 1 heterocycles. The number of benzene rings is 1. The van der Waals surface area contributed by atoms with Crippen LogP contribution in [-0.4, -0.2) is 11.1 Å². The number of aromatic carboxylic acids is 1. The van der Waals surface area contributed by atoms with Gasteiger partial charge in [0.15, 0.2) is 0 Å². The molecular formula is C14H12N2O2S. The Morgan fingerprint density at radius 3 is 2.84 bits per heavy atom. The summed E-state index contributed by atoms with van der Waals surface area (Å²) in [5.41, 5.74) is 1.81. The Bertz CT molecular complexity index is 656. The SMILES string of the molecule is Cc1c(NCc2ccc(C#N)s2)cccc1C(=O)O. The second kappa shape index (κ2) is 5.55. The summed E-state index contributed by atoms with van der Waals surface area (Å²) in [7, 11) is 0. The number of nitrogens with zero attached hydrogens (tertiary/aromatic N) is 1. The van der Waals surface area contributed by atoms with Crippen LogP contribution in [0.25, 0.3) is 0 Å². The van der Waals surface area contributed by atoms with Crippen molar-refractivity contribution in [3.8, 4) is 6.07 Å². The molecule has 96 valence electrons. The second-order valence-electron chi connectivity index (χ2n) is 4.01. The van der Waals surface area contributed by atoms with Gasteiger partial charge in [0.25, 0.3) is 0 Å². The summed E-state index contributed by atoms with van der Waals surface area (Å²) in [6.45, 7) is 2.36. The van der Waals surface area contributed by atoms with Gasteiger partial charge in [-0.15, -0.1) is 11.3 Å². The van der Waals surface area contributed by atoms with Crippen LogP contribution >= 0.6 is 11.3 Å². The number of nitrogens with one attached hydrogen (secondary N) is 1. The van der Waals surface area contributed by atoms with Crippen molar-refractivity contribution in [2.75, 3.05) is 5.32 Å². The van der Waals surface area contributed by atoms with Crippen LogP contribution in [0.1, 0.15) is 25.7 Å². The van der Waals surface area contributed by atoms with Gasteiger partial charge in [0.2, 0.25) is 0 Å². The lowest BCUT2D eigenvalue weighted by Gasteiger charge is -2.10. The molecule has 0 unspecified atom stereocenters. The zero-order valence-electron chi connectivity index (χ0n) is 10.3. The Balaban J connectivity index is 2.14. The molecule has 0 atom stereocenters. The molecule has 0 aliphatic heterocycles. The van der Waals surface area contributed by atoms with E-state index in [9.17, 15) is 4.79 Å². The van der Waals surface area contributed by atoms with Gasteiger partial charge in [-0.3, -0.25) is 0 Å². The Hall–Kier alpha value is -2.32. The molecule has 2 N–H and O–H groups in total. The molecular weight excluding hydrogens is 260 g/mol. The lowest BCUT2D eigenvalue weighted by atomic mass is 10.1. The fourth-order valence-electron chi connectivity index (χ4n) is 1.77. The monoisotopic (exact) mass is 272 g/mol. The zero-order chi connectivity index (χ0) is 13.8. The molecule has 5 heteroatoms. The first-order valence-electron chi connectivity index (χ1n) is 5.67. The van der Waals surface area contributed by atoms with Crippen molar-refractivity contribution in [1.29, 1.82) is 5.26 Å². The molecule has 0 aliphatic carbocycles. The van der Waals surface area contributed by atoms with Crippen LogP contribution < -0.4 is 5.32 Å². The first kappa shape index (κ1) is 13.1. The highest BCUT2D eigenvalue weighted by atomic mass is 32.1. The van der Waals surface area contributed by atoms with E-state index in [1.54, 1.807) is 25.1 Å². The summed E-state index contributed by atoms with van der Waals surface area (Å²) in [6.07, 6.45) is 0. The molecule has 0 spiro atoms. The van der Waals surface area contributed by atoms with Crippen molar-refractivity contribution in [1.82, 2.24) is 0 Å². The van der Waals surface area contributed by atoms with Crippen LogP contribution in [0, 0.1) is 18.3 Å². The lowest BCUT2D eigenvalue weighted by Crippen LogP contribution is -2.05. The number of hydrogen-bond donors (Lipinski definition) is 2. The average Bonchev–Trinajstić information content (AvgIpc) is 2.85. The molecule has 19 heavy (non-hydrogen) atoms. The summed E-state index contributed by atoms with van der Waals surface area (Å²) in [6, 6.07) is 10.9. The average molecular weight is 272 g/mol. The first-order chi connectivity index (χ1) is 9.11. The van der Waals surface area contributed by atoms with E-state index in [4.69, 9.17) is 10.4 Å². The number of hydrogen-bond acceptors (Lipinski definition) is 4. The van der Waals surface area contributed by atoms with Gasteiger partial charge in [-0.2, -0.15) is 5.26 Å². The number of thiophene rings is 1. The molecule has 2 rings (SSSR count). The molecule has 1 aromatic carbocycles. The Kier molecular flexibility index (Phi) is 3.83. The summed E-state index contributed by atoms with van der Waals surface area (Å²) in [5, 5.41) is 21.0. The van der Waals surface area contributed by atoms with Gasteiger partial charge in [0, 0.05) is 17.1 Å². The normalized spacial score (nSPS) is 9.89. The molecule has 0 amide bonds. The third kappa shape index (κ3) is 2.92. The molecule has 0 fully saturated rings. The molecule has 0 radical (unpaired) electrons. The van der Waals surface area contributed by atoms with Crippen molar-refractivity contribution in [2.45, 2.75) is 13.5 Å². The Morgan fingerprint density at radius 2 is 2.21 bits per heavy atom. The van der Waals surface area contributed by atoms with E-state index in [1.807, 2.05) is 12.1 Å². The molecule has 0 bridgehead atoms. The van der Waals surface area contributed by atoms with E-state index < -0.39 is 5.97 Å². The smallest absolute Gasteiger partial charge is 0.336 e. The van der Waals surface area contributed by atoms with Gasteiger partial charge in [0.1, 0.15) is 10.9 Å². The number of anilines is 1. The molecule has 2 aromatic rings. The van der Waals surface area contributed by atoms with E-state index in [2.05, 4.69) is 11.4 Å². The summed E-state index contributed by atoms with van der Waals surface area (Å²) in [5.74, 6) is -0.927. The lowest BCUT2D eigenvalue weighted by molar-refractivity contribution is 0.0696. The highest BCUT2D eigenvalue weighted by molar-refractivity contribution is 7.12. The minimum atomic E-state index is -0.927. The number of rotatable bonds is 4. The number of carboxylic acid groups (broad SMARTS) is 1. The van der Waals surface area contributed by atoms with Crippen LogP contribution in [0.3, 0.4) is 0 Å². The largest absolute Gasteiger partial charge is 0.478 e. The minimum Gasteiger partial charge on any atom is -0.478 e. The topological polar surface area (TPSA) is 73.1 Å². The van der Waals surface area contributed by atoms with Gasteiger partial charge in [0.05, 0.1) is 5.56 Å². The minimum absolute atomic E-state index is 0.300. The Labute approximate surface area is 114 Å². The number of nitriles is 1. The van der Waals surface area contributed by atoms with Crippen molar-refractivity contribution in [3.63, 3.8) is 0 Å².